The Bertz CT molecular complexity index is 1360. The van der Waals surface area contributed by atoms with E-state index in [1.54, 1.807) is 12.1 Å². The molecule has 0 unspecified atom stereocenters. The predicted molar refractivity (Wildman–Crippen MR) is 151 cm³/mol. The number of phenols is 2. The Morgan fingerprint density at radius 1 is 0.619 bits per heavy atom. The van der Waals surface area contributed by atoms with Crippen molar-refractivity contribution in [3.63, 3.8) is 0 Å². The van der Waals surface area contributed by atoms with Crippen LogP contribution in [0.1, 0.15) is 31.8 Å². The first-order valence-corrected chi connectivity index (χ1v) is 12.6. The van der Waals surface area contributed by atoms with Gasteiger partial charge in [-0.25, -0.2) is 9.59 Å². The molecule has 0 saturated carbocycles. The minimum atomic E-state index is -0.694. The first kappa shape index (κ1) is 30.7. The molecule has 0 aliphatic heterocycles. The number of anilines is 2. The van der Waals surface area contributed by atoms with E-state index < -0.39 is 35.1 Å². The molecule has 0 radical (unpaired) electrons. The molecular weight excluding hydrogens is 552 g/mol. The van der Waals surface area contributed by atoms with Crippen molar-refractivity contribution in [1.29, 1.82) is 0 Å². The monoisotopic (exact) mass is 580 g/mol. The van der Waals surface area contributed by atoms with Crippen molar-refractivity contribution in [3.05, 3.63) is 67.4 Å². The average molecular weight is 581 g/mol. The number of carbonyl (C=O) groups excluding carboxylic acids is 4. The lowest BCUT2D eigenvalue weighted by Crippen LogP contribution is -2.39. The number of fused-ring (bicyclic) bond motifs is 2. The zero-order valence-electron chi connectivity index (χ0n) is 22.2. The summed E-state index contributed by atoms with van der Waals surface area (Å²) < 4.78 is 0. The summed E-state index contributed by atoms with van der Waals surface area (Å²) in [6.07, 6.45) is 0. The molecule has 0 atom stereocenters. The average Bonchev–Trinajstić information content (AvgIpc) is 2.98. The maximum Gasteiger partial charge on any atom is 0.314 e. The third-order valence-electron chi connectivity index (χ3n) is 5.85. The van der Waals surface area contributed by atoms with Gasteiger partial charge in [0, 0.05) is 73.6 Å². The number of amides is 4. The molecule has 2 aromatic carbocycles. The van der Waals surface area contributed by atoms with Crippen LogP contribution in [0.3, 0.4) is 0 Å². The number of nitrogens with zero attached hydrogens (tertiary/aromatic N) is 6. The van der Waals surface area contributed by atoms with E-state index in [-0.39, 0.29) is 86.0 Å². The van der Waals surface area contributed by atoms with Crippen LogP contribution in [0.2, 0.25) is 0 Å². The van der Waals surface area contributed by atoms with E-state index >= 15 is 0 Å². The van der Waals surface area contributed by atoms with E-state index in [0.717, 1.165) is 12.1 Å². The van der Waals surface area contributed by atoms with Crippen LogP contribution in [0.15, 0.2) is 34.5 Å². The number of azide groups is 2. The van der Waals surface area contributed by atoms with Crippen LogP contribution in [0.5, 0.6) is 11.5 Å². The molecule has 18 nitrogen and oxygen atoms in total. The van der Waals surface area contributed by atoms with Gasteiger partial charge < -0.3 is 42.1 Å². The highest BCUT2D eigenvalue weighted by Gasteiger charge is 2.37. The van der Waals surface area contributed by atoms with Crippen molar-refractivity contribution in [3.8, 4) is 11.5 Å². The minimum absolute atomic E-state index is 0.0408. The lowest BCUT2D eigenvalue weighted by Gasteiger charge is -2.25. The number of carbonyl (C=O) groups is 4. The molecule has 0 fully saturated rings. The SMILES string of the molecule is [N-]=[N+]=NCCNC(=O)NCCNc1ccc(NCCNC(=O)NCCN=[N+]=[N-])c2c1C(=O)c1c(O)ccc(O)c1C2=O. The molecular formula is C24H28N12O6. The van der Waals surface area contributed by atoms with Gasteiger partial charge in [0.2, 0.25) is 11.6 Å². The number of aromatic hydroxyl groups is 2. The van der Waals surface area contributed by atoms with Gasteiger partial charge >= 0.3 is 12.1 Å². The van der Waals surface area contributed by atoms with E-state index in [4.69, 9.17) is 11.1 Å². The number of ketones is 2. The third-order valence-corrected chi connectivity index (χ3v) is 5.85. The smallest absolute Gasteiger partial charge is 0.314 e. The molecule has 0 heterocycles. The predicted octanol–water partition coefficient (Wildman–Crippen LogP) is 1.92. The standard InChI is InChI=1S/C24H28N12O6/c25-35-33-11-9-31-23(41)29-7-5-27-13-1-2-14(28-6-8-30-24(42)32-10-12-34-36-26)18-17(13)21(39)19-15(37)3-4-16(38)20(19)22(18)40/h1-4,27-28,37-38H,5-12H2,(H2,29,31,41)(H2,30,32,42). The second kappa shape index (κ2) is 15.1. The van der Waals surface area contributed by atoms with Crippen LogP contribution in [0, 0.1) is 0 Å². The van der Waals surface area contributed by atoms with Crippen molar-refractivity contribution >= 4 is 35.0 Å². The topological polar surface area (TPSA) is 278 Å². The molecule has 220 valence electrons. The molecule has 1 aliphatic rings. The summed E-state index contributed by atoms with van der Waals surface area (Å²) in [5, 5.41) is 43.6. The quantitative estimate of drug-likeness (QED) is 0.0457. The zero-order chi connectivity index (χ0) is 30.5. The normalized spacial score (nSPS) is 11.1. The highest BCUT2D eigenvalue weighted by Crippen LogP contribution is 2.42. The van der Waals surface area contributed by atoms with Crippen molar-refractivity contribution < 1.29 is 29.4 Å². The van der Waals surface area contributed by atoms with Gasteiger partial charge in [-0.15, -0.1) is 0 Å². The summed E-state index contributed by atoms with van der Waals surface area (Å²) in [6.45, 7) is 1.05. The summed E-state index contributed by atoms with van der Waals surface area (Å²) in [7, 11) is 0. The van der Waals surface area contributed by atoms with Crippen molar-refractivity contribution in [2.24, 2.45) is 10.2 Å². The van der Waals surface area contributed by atoms with Gasteiger partial charge in [-0.2, -0.15) is 0 Å². The Morgan fingerprint density at radius 2 is 1.00 bits per heavy atom. The minimum Gasteiger partial charge on any atom is -0.507 e. The molecule has 0 bridgehead atoms. The van der Waals surface area contributed by atoms with Crippen LogP contribution in [-0.2, 0) is 0 Å². The van der Waals surface area contributed by atoms with Gasteiger partial charge in [-0.05, 0) is 35.3 Å². The van der Waals surface area contributed by atoms with Crippen LogP contribution < -0.4 is 31.9 Å². The number of benzene rings is 2. The summed E-state index contributed by atoms with van der Waals surface area (Å²) in [4.78, 5) is 56.0. The number of rotatable bonds is 14. The van der Waals surface area contributed by atoms with Crippen LogP contribution >= 0.6 is 0 Å². The van der Waals surface area contributed by atoms with Gasteiger partial charge in [0.05, 0.1) is 22.3 Å². The Kier molecular flexibility index (Phi) is 11.0. The van der Waals surface area contributed by atoms with E-state index in [2.05, 4.69) is 52.0 Å². The van der Waals surface area contributed by atoms with Crippen LogP contribution in [0.25, 0.3) is 20.9 Å². The lowest BCUT2D eigenvalue weighted by atomic mass is 9.81. The fourth-order valence-corrected chi connectivity index (χ4v) is 4.06. The first-order valence-electron chi connectivity index (χ1n) is 12.6. The van der Waals surface area contributed by atoms with Crippen molar-refractivity contribution in [2.45, 2.75) is 0 Å². The van der Waals surface area contributed by atoms with Crippen molar-refractivity contribution in [1.82, 2.24) is 21.3 Å². The number of phenolic OH excluding ortho intramolecular Hbond substituents is 2. The maximum absolute atomic E-state index is 13.6. The fourth-order valence-electron chi connectivity index (χ4n) is 4.06. The third kappa shape index (κ3) is 7.62. The molecule has 0 spiro atoms. The zero-order valence-corrected chi connectivity index (χ0v) is 22.2. The molecule has 1 aliphatic carbocycles. The largest absolute Gasteiger partial charge is 0.507 e. The van der Waals surface area contributed by atoms with E-state index in [0.29, 0.717) is 0 Å². The van der Waals surface area contributed by atoms with Gasteiger partial charge in [0.25, 0.3) is 0 Å². The number of nitrogens with one attached hydrogen (secondary N) is 6. The highest BCUT2D eigenvalue weighted by atomic mass is 16.3. The summed E-state index contributed by atoms with van der Waals surface area (Å²) in [5.41, 5.74) is 16.3. The van der Waals surface area contributed by atoms with Gasteiger partial charge in [-0.1, -0.05) is 10.2 Å². The van der Waals surface area contributed by atoms with Crippen molar-refractivity contribution in [2.75, 3.05) is 63.0 Å². The summed E-state index contributed by atoms with van der Waals surface area (Å²) in [6, 6.07) is 4.34. The Labute approximate surface area is 238 Å². The Morgan fingerprint density at radius 3 is 1.38 bits per heavy atom. The van der Waals surface area contributed by atoms with Gasteiger partial charge in [0.1, 0.15) is 11.5 Å². The molecule has 4 amide bonds. The molecule has 0 saturated heterocycles. The van der Waals surface area contributed by atoms with Crippen LogP contribution in [-0.4, -0.2) is 86.2 Å². The fraction of sp³-hybridized carbons (Fsp3) is 0.333. The first-order chi connectivity index (χ1) is 20.3. The number of urea groups is 2. The van der Waals surface area contributed by atoms with Gasteiger partial charge in [0.15, 0.2) is 0 Å². The summed E-state index contributed by atoms with van der Waals surface area (Å²) in [5.74, 6) is -2.32. The Balaban J connectivity index is 1.75. The highest BCUT2D eigenvalue weighted by molar-refractivity contribution is 6.33. The van der Waals surface area contributed by atoms with E-state index in [1.165, 1.54) is 0 Å². The second-order valence-corrected chi connectivity index (χ2v) is 8.55. The van der Waals surface area contributed by atoms with Gasteiger partial charge in [-0.3, -0.25) is 9.59 Å². The van der Waals surface area contributed by atoms with E-state index in [1.807, 2.05) is 0 Å². The second-order valence-electron chi connectivity index (χ2n) is 8.55. The van der Waals surface area contributed by atoms with Crippen LogP contribution in [0.4, 0.5) is 21.0 Å². The number of hydrogen-bond acceptors (Lipinski definition) is 10. The molecule has 8 N–H and O–H groups in total. The lowest BCUT2D eigenvalue weighted by molar-refractivity contribution is 0.0975. The molecule has 3 rings (SSSR count). The molecule has 2 aromatic rings. The molecule has 18 heteroatoms. The Hall–Kier alpha value is -5.86. The maximum atomic E-state index is 13.6. The summed E-state index contributed by atoms with van der Waals surface area (Å²) >= 11 is 0. The molecule has 42 heavy (non-hydrogen) atoms. The molecule has 0 aromatic heterocycles. The number of hydrogen-bond donors (Lipinski definition) is 8. The van der Waals surface area contributed by atoms with E-state index in [9.17, 15) is 29.4 Å².